The van der Waals surface area contributed by atoms with Crippen LogP contribution in [0.15, 0.2) is 94.5 Å². The van der Waals surface area contributed by atoms with E-state index in [0.29, 0.717) is 33.7 Å². The number of H-pyrrole nitrogens is 2. The summed E-state index contributed by atoms with van der Waals surface area (Å²) in [5.41, 5.74) is 1.15. The van der Waals surface area contributed by atoms with Crippen molar-refractivity contribution < 1.29 is 13.9 Å². The van der Waals surface area contributed by atoms with Crippen molar-refractivity contribution in [3.05, 3.63) is 113 Å². The summed E-state index contributed by atoms with van der Waals surface area (Å²) < 4.78 is 11.6. The van der Waals surface area contributed by atoms with Crippen LogP contribution in [-0.4, -0.2) is 15.9 Å². The van der Waals surface area contributed by atoms with Crippen molar-refractivity contribution in [1.82, 2.24) is 9.97 Å². The summed E-state index contributed by atoms with van der Waals surface area (Å²) in [5.74, 6) is 1.37. The molecular formula is C26H21N3O4. The first-order valence-corrected chi connectivity index (χ1v) is 10.5. The van der Waals surface area contributed by atoms with Crippen LogP contribution in [0.25, 0.3) is 10.8 Å². The Kier molecular flexibility index (Phi) is 5.28. The molecule has 164 valence electrons. The van der Waals surface area contributed by atoms with Crippen LogP contribution in [0.1, 0.15) is 21.9 Å². The van der Waals surface area contributed by atoms with Gasteiger partial charge in [-0.05, 0) is 49.4 Å². The first-order valence-electron chi connectivity index (χ1n) is 10.5. The van der Waals surface area contributed by atoms with Gasteiger partial charge in [-0.15, -0.1) is 0 Å². The fourth-order valence-electron chi connectivity index (χ4n) is 3.81. The molecule has 2 N–H and O–H groups in total. The molecule has 7 heteroatoms. The Morgan fingerprint density at radius 1 is 1.03 bits per heavy atom. The predicted octanol–water partition coefficient (Wildman–Crippen LogP) is 5.40. The Hall–Kier alpha value is -4.52. The van der Waals surface area contributed by atoms with Crippen molar-refractivity contribution in [3.63, 3.8) is 0 Å². The van der Waals surface area contributed by atoms with Crippen molar-refractivity contribution in [1.29, 1.82) is 0 Å². The summed E-state index contributed by atoms with van der Waals surface area (Å²) in [6.45, 7) is 1.98. The molecule has 5 aromatic rings. The third-order valence-corrected chi connectivity index (χ3v) is 5.38. The van der Waals surface area contributed by atoms with Crippen LogP contribution in [0.2, 0.25) is 0 Å². The molecular weight excluding hydrogens is 418 g/mol. The minimum Gasteiger partial charge on any atom is -0.467 e. The molecule has 0 aliphatic carbocycles. The minimum absolute atomic E-state index is 0.160. The minimum atomic E-state index is -0.381. The summed E-state index contributed by atoms with van der Waals surface area (Å²) in [6, 6.07) is 21.9. The van der Waals surface area contributed by atoms with Gasteiger partial charge in [-0.3, -0.25) is 14.5 Å². The molecule has 3 aromatic heterocycles. The van der Waals surface area contributed by atoms with Crippen LogP contribution in [0, 0.1) is 6.92 Å². The maximum Gasteiger partial charge on any atom is 0.275 e. The quantitative estimate of drug-likeness (QED) is 0.371. The van der Waals surface area contributed by atoms with E-state index < -0.39 is 0 Å². The van der Waals surface area contributed by atoms with Crippen LogP contribution >= 0.6 is 0 Å². The van der Waals surface area contributed by atoms with Gasteiger partial charge < -0.3 is 19.1 Å². The number of para-hydroxylation sites is 3. The normalized spacial score (nSPS) is 10.9. The third kappa shape index (κ3) is 4.04. The summed E-state index contributed by atoms with van der Waals surface area (Å²) in [6.07, 6.45) is 3.28. The summed E-state index contributed by atoms with van der Waals surface area (Å²) >= 11 is 0. The molecule has 5 rings (SSSR count). The highest BCUT2D eigenvalue weighted by molar-refractivity contribution is 6.07. The Balaban J connectivity index is 1.59. The summed E-state index contributed by atoms with van der Waals surface area (Å²) in [7, 11) is 0. The molecule has 0 saturated carbocycles. The van der Waals surface area contributed by atoms with Crippen LogP contribution in [0.4, 0.5) is 5.69 Å². The van der Waals surface area contributed by atoms with Gasteiger partial charge in [0.2, 0.25) is 0 Å². The lowest BCUT2D eigenvalue weighted by molar-refractivity contribution is 0.0978. The number of furan rings is 1. The van der Waals surface area contributed by atoms with E-state index in [0.717, 1.165) is 5.69 Å². The van der Waals surface area contributed by atoms with Gasteiger partial charge in [-0.1, -0.05) is 30.3 Å². The van der Waals surface area contributed by atoms with Gasteiger partial charge in [0.25, 0.3) is 11.5 Å². The number of benzene rings is 2. The van der Waals surface area contributed by atoms with Crippen LogP contribution in [0.3, 0.4) is 0 Å². The molecule has 0 fully saturated rings. The van der Waals surface area contributed by atoms with Gasteiger partial charge in [0.15, 0.2) is 5.75 Å². The molecule has 0 aliphatic heterocycles. The topological polar surface area (TPSA) is 91.3 Å². The third-order valence-electron chi connectivity index (χ3n) is 5.38. The highest BCUT2D eigenvalue weighted by Gasteiger charge is 2.24. The SMILES string of the molecule is Cc1[nH]cc2cc(C(=O)N(Cc3ccco3)c3ccccc3Oc3ccccc3)[nH]c(=O)c12. The highest BCUT2D eigenvalue weighted by atomic mass is 16.5. The number of pyridine rings is 1. The number of carbonyl (C=O) groups is 1. The smallest absolute Gasteiger partial charge is 0.275 e. The van der Waals surface area contributed by atoms with E-state index >= 15 is 0 Å². The van der Waals surface area contributed by atoms with Gasteiger partial charge in [0, 0.05) is 17.3 Å². The molecule has 0 radical (unpaired) electrons. The van der Waals surface area contributed by atoms with Crippen molar-refractivity contribution in [3.8, 4) is 11.5 Å². The number of ether oxygens (including phenoxy) is 1. The zero-order valence-corrected chi connectivity index (χ0v) is 17.9. The van der Waals surface area contributed by atoms with Gasteiger partial charge >= 0.3 is 0 Å². The molecule has 33 heavy (non-hydrogen) atoms. The summed E-state index contributed by atoms with van der Waals surface area (Å²) in [5, 5.41) is 1.21. The Morgan fingerprint density at radius 3 is 2.61 bits per heavy atom. The van der Waals surface area contributed by atoms with Crippen molar-refractivity contribution in [2.24, 2.45) is 0 Å². The number of fused-ring (bicyclic) bond motifs is 1. The number of aromatic amines is 2. The predicted molar refractivity (Wildman–Crippen MR) is 126 cm³/mol. The maximum atomic E-state index is 13.7. The summed E-state index contributed by atoms with van der Waals surface area (Å²) in [4.78, 5) is 33.7. The largest absolute Gasteiger partial charge is 0.467 e. The van der Waals surface area contributed by atoms with Crippen LogP contribution in [-0.2, 0) is 6.54 Å². The number of aromatic nitrogens is 2. The molecule has 2 aromatic carbocycles. The number of anilines is 1. The van der Waals surface area contributed by atoms with Crippen molar-refractivity contribution in [2.75, 3.05) is 4.90 Å². The Bertz CT molecular complexity index is 1470. The molecule has 3 heterocycles. The highest BCUT2D eigenvalue weighted by Crippen LogP contribution is 2.34. The Morgan fingerprint density at radius 2 is 1.82 bits per heavy atom. The second-order valence-electron chi connectivity index (χ2n) is 7.61. The van der Waals surface area contributed by atoms with E-state index in [1.54, 1.807) is 42.8 Å². The van der Waals surface area contributed by atoms with Crippen LogP contribution < -0.4 is 15.2 Å². The number of rotatable bonds is 6. The molecule has 0 saturated heterocycles. The molecule has 0 bridgehead atoms. The van der Waals surface area contributed by atoms with Gasteiger partial charge in [0.1, 0.15) is 17.2 Å². The molecule has 0 spiro atoms. The molecule has 0 aliphatic rings. The standard InChI is InChI=1S/C26H21N3O4/c1-17-24-18(15-27-17)14-21(28-25(24)30)26(31)29(16-20-10-7-13-32-20)22-11-5-6-12-23(22)33-19-8-3-2-4-9-19/h2-15,27H,16H2,1H3,(H,28,30). The van der Waals surface area contributed by atoms with Crippen molar-refractivity contribution in [2.45, 2.75) is 13.5 Å². The lowest BCUT2D eigenvalue weighted by atomic mass is 10.1. The number of carbonyl (C=O) groups excluding carboxylic acids is 1. The molecule has 1 amide bonds. The van der Waals surface area contributed by atoms with Gasteiger partial charge in [-0.25, -0.2) is 0 Å². The van der Waals surface area contributed by atoms with E-state index in [4.69, 9.17) is 9.15 Å². The monoisotopic (exact) mass is 439 g/mol. The zero-order chi connectivity index (χ0) is 22.8. The average Bonchev–Trinajstić information content (AvgIpc) is 3.48. The number of nitrogens with one attached hydrogen (secondary N) is 2. The first kappa shape index (κ1) is 20.4. The van der Waals surface area contributed by atoms with Gasteiger partial charge in [0.05, 0.1) is 23.9 Å². The molecule has 0 atom stereocenters. The number of aryl methyl sites for hydroxylation is 1. The fourth-order valence-corrected chi connectivity index (χ4v) is 3.81. The second kappa shape index (κ2) is 8.55. The lowest BCUT2D eigenvalue weighted by Crippen LogP contribution is -2.32. The first-order chi connectivity index (χ1) is 16.1. The second-order valence-corrected chi connectivity index (χ2v) is 7.61. The number of hydrogen-bond acceptors (Lipinski definition) is 4. The van der Waals surface area contributed by atoms with E-state index in [2.05, 4.69) is 9.97 Å². The van der Waals surface area contributed by atoms with E-state index in [-0.39, 0.29) is 23.7 Å². The number of hydrogen-bond donors (Lipinski definition) is 2. The van der Waals surface area contributed by atoms with Crippen molar-refractivity contribution >= 4 is 22.4 Å². The molecule has 7 nitrogen and oxygen atoms in total. The van der Waals surface area contributed by atoms with Gasteiger partial charge in [-0.2, -0.15) is 0 Å². The average molecular weight is 439 g/mol. The lowest BCUT2D eigenvalue weighted by Gasteiger charge is -2.24. The number of nitrogens with zero attached hydrogens (tertiary/aromatic N) is 1. The maximum absolute atomic E-state index is 13.7. The van der Waals surface area contributed by atoms with Crippen LogP contribution in [0.5, 0.6) is 11.5 Å². The van der Waals surface area contributed by atoms with E-state index in [1.165, 1.54) is 4.90 Å². The van der Waals surface area contributed by atoms with E-state index in [1.807, 2.05) is 49.4 Å². The van der Waals surface area contributed by atoms with E-state index in [9.17, 15) is 9.59 Å². The fraction of sp³-hybridized carbons (Fsp3) is 0.0769. The molecule has 0 unspecified atom stereocenters. The zero-order valence-electron chi connectivity index (χ0n) is 17.9. The Labute approximate surface area is 189 Å². The number of amides is 1.